The average Bonchev–Trinajstić information content (AvgIpc) is 2.96. The Morgan fingerprint density at radius 1 is 1.12 bits per heavy atom. The van der Waals surface area contributed by atoms with Crippen LogP contribution in [0.2, 0.25) is 0 Å². The molecule has 26 heavy (non-hydrogen) atoms. The minimum atomic E-state index is -0.361. The van der Waals surface area contributed by atoms with Gasteiger partial charge in [0, 0.05) is 18.2 Å². The molecule has 1 aromatic carbocycles. The van der Waals surface area contributed by atoms with E-state index in [1.54, 1.807) is 9.58 Å². The molecule has 4 rings (SSSR count). The highest BCUT2D eigenvalue weighted by Gasteiger charge is 2.37. The van der Waals surface area contributed by atoms with Gasteiger partial charge in [-0.25, -0.2) is 9.67 Å². The molecule has 0 spiro atoms. The van der Waals surface area contributed by atoms with Crippen molar-refractivity contribution in [3.63, 3.8) is 0 Å². The van der Waals surface area contributed by atoms with Gasteiger partial charge in [-0.2, -0.15) is 5.10 Å². The molecule has 1 aliphatic heterocycles. The van der Waals surface area contributed by atoms with E-state index in [-0.39, 0.29) is 23.7 Å². The predicted octanol–water partition coefficient (Wildman–Crippen LogP) is 1.92. The summed E-state index contributed by atoms with van der Waals surface area (Å²) in [5.41, 5.74) is 0.756. The number of aromatic nitrogens is 3. The van der Waals surface area contributed by atoms with Gasteiger partial charge in [-0.15, -0.1) is 0 Å². The average molecular weight is 353 g/mol. The van der Waals surface area contributed by atoms with E-state index in [1.165, 1.54) is 6.33 Å². The fourth-order valence-corrected chi connectivity index (χ4v) is 3.79. The van der Waals surface area contributed by atoms with E-state index in [0.29, 0.717) is 25.6 Å². The molecule has 136 valence electrons. The quantitative estimate of drug-likeness (QED) is 0.914. The molecule has 1 unspecified atom stereocenters. The molecule has 0 bridgehead atoms. The number of para-hydroxylation sites is 1. The van der Waals surface area contributed by atoms with Crippen LogP contribution >= 0.6 is 0 Å². The maximum Gasteiger partial charge on any atom is 0.231 e. The summed E-state index contributed by atoms with van der Waals surface area (Å²) < 4.78 is 1.74. The Bertz CT molecular complexity index is 797. The molecule has 1 aromatic heterocycles. The summed E-state index contributed by atoms with van der Waals surface area (Å²) >= 11 is 0. The number of nitrogens with one attached hydrogen (secondary N) is 1. The Hall–Kier alpha value is -2.70. The van der Waals surface area contributed by atoms with Crippen molar-refractivity contribution in [1.82, 2.24) is 19.7 Å². The van der Waals surface area contributed by atoms with Gasteiger partial charge in [-0.1, -0.05) is 25.1 Å². The highest BCUT2D eigenvalue weighted by molar-refractivity contribution is 5.93. The van der Waals surface area contributed by atoms with Crippen molar-refractivity contribution in [2.45, 2.75) is 32.9 Å². The third-order valence-corrected chi connectivity index (χ3v) is 5.31. The summed E-state index contributed by atoms with van der Waals surface area (Å²) in [6.07, 6.45) is 3.35. The second-order valence-corrected chi connectivity index (χ2v) is 7.40. The first-order valence-corrected chi connectivity index (χ1v) is 9.11. The van der Waals surface area contributed by atoms with Crippen LogP contribution in [0.25, 0.3) is 0 Å². The van der Waals surface area contributed by atoms with E-state index in [1.807, 2.05) is 30.3 Å². The largest absolute Gasteiger partial charge is 0.334 e. The van der Waals surface area contributed by atoms with Crippen LogP contribution in [-0.2, 0) is 22.7 Å². The van der Waals surface area contributed by atoms with Gasteiger partial charge in [-0.3, -0.25) is 9.59 Å². The molecule has 0 radical (unpaired) electrons. The summed E-state index contributed by atoms with van der Waals surface area (Å²) in [5.74, 6) is 1.10. The number of amides is 2. The van der Waals surface area contributed by atoms with E-state index < -0.39 is 0 Å². The Morgan fingerprint density at radius 2 is 1.88 bits per heavy atom. The molecule has 7 heteroatoms. The smallest absolute Gasteiger partial charge is 0.231 e. The van der Waals surface area contributed by atoms with E-state index in [2.05, 4.69) is 22.3 Å². The van der Waals surface area contributed by atoms with E-state index in [9.17, 15) is 9.59 Å². The minimum Gasteiger partial charge on any atom is -0.334 e. The summed E-state index contributed by atoms with van der Waals surface area (Å²) in [7, 11) is 0. The molecule has 0 saturated heterocycles. The van der Waals surface area contributed by atoms with Crippen LogP contribution in [0.3, 0.4) is 0 Å². The van der Waals surface area contributed by atoms with Crippen LogP contribution in [-0.4, -0.2) is 38.0 Å². The number of benzene rings is 1. The Kier molecular flexibility index (Phi) is 4.44. The number of hydrogen-bond donors (Lipinski definition) is 1. The lowest BCUT2D eigenvalue weighted by atomic mass is 9.75. The molecular weight excluding hydrogens is 330 g/mol. The zero-order valence-corrected chi connectivity index (χ0v) is 14.8. The molecule has 2 aliphatic rings. The normalized spacial score (nSPS) is 25.0. The summed E-state index contributed by atoms with van der Waals surface area (Å²) in [6.45, 7) is 3.41. The maximum absolute atomic E-state index is 12.9. The van der Waals surface area contributed by atoms with Gasteiger partial charge in [0.1, 0.15) is 12.2 Å². The van der Waals surface area contributed by atoms with Gasteiger partial charge < -0.3 is 10.2 Å². The Morgan fingerprint density at radius 3 is 2.62 bits per heavy atom. The lowest BCUT2D eigenvalue weighted by Gasteiger charge is -2.35. The number of fused-ring (bicyclic) bond motifs is 1. The van der Waals surface area contributed by atoms with Crippen molar-refractivity contribution in [1.29, 1.82) is 0 Å². The van der Waals surface area contributed by atoms with Crippen LogP contribution in [0.5, 0.6) is 0 Å². The fraction of sp³-hybridized carbons (Fsp3) is 0.474. The highest BCUT2D eigenvalue weighted by Crippen LogP contribution is 2.35. The molecule has 1 saturated carbocycles. The third-order valence-electron chi connectivity index (χ3n) is 5.31. The molecule has 1 fully saturated rings. The zero-order chi connectivity index (χ0) is 18.1. The highest BCUT2D eigenvalue weighted by atomic mass is 16.2. The molecule has 2 amide bonds. The molecule has 1 atom stereocenters. The number of anilines is 1. The number of carbonyl (C=O) groups excluding carboxylic acids is 2. The first-order chi connectivity index (χ1) is 12.6. The summed E-state index contributed by atoms with van der Waals surface area (Å²) in [5, 5.41) is 7.18. The molecule has 1 N–H and O–H groups in total. The van der Waals surface area contributed by atoms with Crippen molar-refractivity contribution in [2.24, 2.45) is 17.8 Å². The second kappa shape index (κ2) is 6.90. The van der Waals surface area contributed by atoms with Crippen LogP contribution < -0.4 is 5.32 Å². The standard InChI is InChI=1S/C19H23N5O2/c1-13-7-14(8-13)19(26)23-9-15(10-24-17(11-23)20-12-21-24)18(25)22-16-5-3-2-4-6-16/h2-6,12-15H,7-11H2,1H3,(H,22,25). The fourth-order valence-electron chi connectivity index (χ4n) is 3.79. The van der Waals surface area contributed by atoms with Crippen molar-refractivity contribution in [2.75, 3.05) is 11.9 Å². The lowest BCUT2D eigenvalue weighted by Crippen LogP contribution is -2.44. The van der Waals surface area contributed by atoms with E-state index in [0.717, 1.165) is 24.4 Å². The summed E-state index contributed by atoms with van der Waals surface area (Å²) in [6, 6.07) is 9.38. The monoisotopic (exact) mass is 353 g/mol. The zero-order valence-electron chi connectivity index (χ0n) is 14.8. The van der Waals surface area contributed by atoms with Crippen LogP contribution in [0, 0.1) is 17.8 Å². The lowest BCUT2D eigenvalue weighted by molar-refractivity contribution is -0.141. The van der Waals surface area contributed by atoms with Crippen LogP contribution in [0.4, 0.5) is 5.69 Å². The number of nitrogens with zero attached hydrogens (tertiary/aromatic N) is 4. The predicted molar refractivity (Wildman–Crippen MR) is 95.9 cm³/mol. The first kappa shape index (κ1) is 16.8. The molecule has 1 aliphatic carbocycles. The second-order valence-electron chi connectivity index (χ2n) is 7.40. The van der Waals surface area contributed by atoms with Gasteiger partial charge in [0.15, 0.2) is 0 Å². The van der Waals surface area contributed by atoms with Crippen LogP contribution in [0.15, 0.2) is 36.7 Å². The third kappa shape index (κ3) is 3.34. The number of hydrogen-bond acceptors (Lipinski definition) is 4. The topological polar surface area (TPSA) is 80.1 Å². The van der Waals surface area contributed by atoms with Crippen molar-refractivity contribution in [3.05, 3.63) is 42.5 Å². The minimum absolute atomic E-state index is 0.0808. The summed E-state index contributed by atoms with van der Waals surface area (Å²) in [4.78, 5) is 31.8. The SMILES string of the molecule is CC1CC(C(=O)N2Cc3ncnn3CC(C(=O)Nc3ccccc3)C2)C1. The number of carbonyl (C=O) groups is 2. The Labute approximate surface area is 152 Å². The van der Waals surface area contributed by atoms with Crippen molar-refractivity contribution >= 4 is 17.5 Å². The molecule has 2 aromatic rings. The molecular formula is C19H23N5O2. The van der Waals surface area contributed by atoms with E-state index >= 15 is 0 Å². The van der Waals surface area contributed by atoms with Gasteiger partial charge >= 0.3 is 0 Å². The first-order valence-electron chi connectivity index (χ1n) is 9.11. The van der Waals surface area contributed by atoms with Gasteiger partial charge in [0.05, 0.1) is 19.0 Å². The van der Waals surface area contributed by atoms with Gasteiger partial charge in [0.25, 0.3) is 0 Å². The van der Waals surface area contributed by atoms with Crippen LogP contribution in [0.1, 0.15) is 25.6 Å². The molecule has 2 heterocycles. The van der Waals surface area contributed by atoms with Gasteiger partial charge in [0.2, 0.25) is 11.8 Å². The van der Waals surface area contributed by atoms with E-state index in [4.69, 9.17) is 0 Å². The van der Waals surface area contributed by atoms with Crippen molar-refractivity contribution in [3.8, 4) is 0 Å². The van der Waals surface area contributed by atoms with Gasteiger partial charge in [-0.05, 0) is 30.9 Å². The molecule has 7 nitrogen and oxygen atoms in total. The maximum atomic E-state index is 12.9. The van der Waals surface area contributed by atoms with Crippen molar-refractivity contribution < 1.29 is 9.59 Å². The Balaban J connectivity index is 1.52. The number of rotatable bonds is 3.